The number of amides is 1. The Morgan fingerprint density at radius 3 is 2.75 bits per heavy atom. The van der Waals surface area contributed by atoms with Crippen molar-refractivity contribution in [2.24, 2.45) is 11.5 Å². The maximum absolute atomic E-state index is 10.9. The normalized spacial score (nSPS) is 12.2. The summed E-state index contributed by atoms with van der Waals surface area (Å²) in [6.45, 7) is 4.18. The number of nitrogens with two attached hydrogens (primary N) is 2. The van der Waals surface area contributed by atoms with E-state index in [2.05, 4.69) is 0 Å². The molecule has 1 aromatic carbocycles. The molecule has 4 heteroatoms. The zero-order valence-electron chi connectivity index (χ0n) is 9.69. The summed E-state index contributed by atoms with van der Waals surface area (Å²) in [6, 6.07) is 5.79. The Bertz CT molecular complexity index is 377. The molecule has 0 saturated heterocycles. The van der Waals surface area contributed by atoms with Crippen molar-refractivity contribution in [2.45, 2.75) is 26.4 Å². The second-order valence-corrected chi connectivity index (χ2v) is 3.81. The predicted octanol–water partition coefficient (Wildman–Crippen LogP) is 0.749. The highest BCUT2D eigenvalue weighted by atomic mass is 16.5. The van der Waals surface area contributed by atoms with Gasteiger partial charge in [0.15, 0.2) is 6.10 Å². The smallest absolute Gasteiger partial charge is 0.258 e. The Balaban J connectivity index is 2.89. The van der Waals surface area contributed by atoms with Crippen LogP contribution in [0.3, 0.4) is 0 Å². The molecule has 4 nitrogen and oxygen atoms in total. The molecule has 0 heterocycles. The Kier molecular flexibility index (Phi) is 4.31. The Hall–Kier alpha value is -1.55. The minimum Gasteiger partial charge on any atom is -0.481 e. The van der Waals surface area contributed by atoms with E-state index >= 15 is 0 Å². The standard InChI is InChI=1S/C12H18N2O2/c1-8-3-4-11(10(7-8)5-6-13)16-9(2)12(14)15/h3-4,7,9H,5-6,13H2,1-2H3,(H2,14,15). The van der Waals surface area contributed by atoms with Gasteiger partial charge in [-0.15, -0.1) is 0 Å². The molecule has 0 aliphatic carbocycles. The van der Waals surface area contributed by atoms with E-state index in [1.807, 2.05) is 25.1 Å². The number of rotatable bonds is 5. The number of carbonyl (C=O) groups excluding carboxylic acids is 1. The third-order valence-electron chi connectivity index (χ3n) is 2.33. The van der Waals surface area contributed by atoms with Crippen LogP contribution in [0, 0.1) is 6.92 Å². The lowest BCUT2D eigenvalue weighted by Gasteiger charge is -2.15. The predicted molar refractivity (Wildman–Crippen MR) is 63.2 cm³/mol. The van der Waals surface area contributed by atoms with E-state index in [-0.39, 0.29) is 0 Å². The van der Waals surface area contributed by atoms with Gasteiger partial charge in [0.05, 0.1) is 0 Å². The molecule has 0 radical (unpaired) electrons. The van der Waals surface area contributed by atoms with Crippen LogP contribution >= 0.6 is 0 Å². The van der Waals surface area contributed by atoms with E-state index in [0.717, 1.165) is 17.5 Å². The van der Waals surface area contributed by atoms with Crippen molar-refractivity contribution in [2.75, 3.05) is 6.54 Å². The molecule has 88 valence electrons. The number of ether oxygens (including phenoxy) is 1. The van der Waals surface area contributed by atoms with Crippen LogP contribution in [0.5, 0.6) is 5.75 Å². The van der Waals surface area contributed by atoms with Gasteiger partial charge in [-0.2, -0.15) is 0 Å². The van der Waals surface area contributed by atoms with Crippen LogP contribution in [0.4, 0.5) is 0 Å². The van der Waals surface area contributed by atoms with Gasteiger partial charge in [0.2, 0.25) is 0 Å². The van der Waals surface area contributed by atoms with Gasteiger partial charge in [-0.05, 0) is 38.4 Å². The van der Waals surface area contributed by atoms with Gasteiger partial charge in [-0.1, -0.05) is 17.7 Å². The highest BCUT2D eigenvalue weighted by Gasteiger charge is 2.12. The first kappa shape index (κ1) is 12.5. The Morgan fingerprint density at radius 1 is 1.50 bits per heavy atom. The number of aryl methyl sites for hydroxylation is 1. The molecule has 0 bridgehead atoms. The maximum Gasteiger partial charge on any atom is 0.258 e. The summed E-state index contributed by atoms with van der Waals surface area (Å²) >= 11 is 0. The molecule has 0 fully saturated rings. The monoisotopic (exact) mass is 222 g/mol. The molecule has 0 aromatic heterocycles. The number of hydrogen-bond donors (Lipinski definition) is 2. The third-order valence-corrected chi connectivity index (χ3v) is 2.33. The zero-order chi connectivity index (χ0) is 12.1. The SMILES string of the molecule is Cc1ccc(OC(C)C(N)=O)c(CCN)c1. The largest absolute Gasteiger partial charge is 0.481 e. The highest BCUT2D eigenvalue weighted by Crippen LogP contribution is 2.21. The van der Waals surface area contributed by atoms with Gasteiger partial charge < -0.3 is 16.2 Å². The van der Waals surface area contributed by atoms with Crippen LogP contribution < -0.4 is 16.2 Å². The van der Waals surface area contributed by atoms with Crippen molar-refractivity contribution in [1.29, 1.82) is 0 Å². The van der Waals surface area contributed by atoms with Crippen LogP contribution in [0.2, 0.25) is 0 Å². The second kappa shape index (κ2) is 5.51. The molecule has 0 saturated carbocycles. The topological polar surface area (TPSA) is 78.3 Å². The van der Waals surface area contributed by atoms with E-state index in [1.54, 1.807) is 6.92 Å². The average Bonchev–Trinajstić information content (AvgIpc) is 2.22. The van der Waals surface area contributed by atoms with Gasteiger partial charge in [-0.25, -0.2) is 0 Å². The first-order chi connectivity index (χ1) is 7.54. The first-order valence-corrected chi connectivity index (χ1v) is 5.30. The van der Waals surface area contributed by atoms with Crippen molar-refractivity contribution in [1.82, 2.24) is 0 Å². The van der Waals surface area contributed by atoms with Crippen molar-refractivity contribution >= 4 is 5.91 Å². The first-order valence-electron chi connectivity index (χ1n) is 5.30. The molecule has 1 atom stereocenters. The summed E-state index contributed by atoms with van der Waals surface area (Å²) in [7, 11) is 0. The minimum atomic E-state index is -0.626. The summed E-state index contributed by atoms with van der Waals surface area (Å²) < 4.78 is 5.48. The van der Waals surface area contributed by atoms with Gasteiger partial charge in [-0.3, -0.25) is 4.79 Å². The molecule has 0 spiro atoms. The van der Waals surface area contributed by atoms with Crippen LogP contribution in [-0.4, -0.2) is 18.6 Å². The van der Waals surface area contributed by atoms with Crippen molar-refractivity contribution in [3.63, 3.8) is 0 Å². The number of carbonyl (C=O) groups is 1. The lowest BCUT2D eigenvalue weighted by Crippen LogP contribution is -2.31. The number of benzene rings is 1. The molecular formula is C12H18N2O2. The van der Waals surface area contributed by atoms with Crippen LogP contribution in [0.1, 0.15) is 18.1 Å². The van der Waals surface area contributed by atoms with Crippen LogP contribution in [0.15, 0.2) is 18.2 Å². The summed E-state index contributed by atoms with van der Waals surface area (Å²) in [6.07, 6.45) is 0.0990. The molecule has 16 heavy (non-hydrogen) atoms. The van der Waals surface area contributed by atoms with E-state index in [9.17, 15) is 4.79 Å². The molecule has 1 aromatic rings. The fourth-order valence-electron chi connectivity index (χ4n) is 1.42. The average molecular weight is 222 g/mol. The number of hydrogen-bond acceptors (Lipinski definition) is 3. The van der Waals surface area contributed by atoms with Gasteiger partial charge in [0.1, 0.15) is 5.75 Å². The minimum absolute atomic E-state index is 0.473. The zero-order valence-corrected chi connectivity index (χ0v) is 9.69. The molecule has 4 N–H and O–H groups in total. The van der Waals surface area contributed by atoms with Gasteiger partial charge in [0.25, 0.3) is 5.91 Å². The summed E-state index contributed by atoms with van der Waals surface area (Å²) in [5.41, 5.74) is 12.8. The summed E-state index contributed by atoms with van der Waals surface area (Å²) in [4.78, 5) is 10.9. The quantitative estimate of drug-likeness (QED) is 0.771. The summed E-state index contributed by atoms with van der Waals surface area (Å²) in [5.74, 6) is 0.210. The van der Waals surface area contributed by atoms with Crippen molar-refractivity contribution < 1.29 is 9.53 Å². The van der Waals surface area contributed by atoms with Crippen LogP contribution in [0.25, 0.3) is 0 Å². The van der Waals surface area contributed by atoms with E-state index < -0.39 is 12.0 Å². The molecule has 0 aliphatic heterocycles. The van der Waals surface area contributed by atoms with Crippen molar-refractivity contribution in [3.8, 4) is 5.75 Å². The van der Waals surface area contributed by atoms with Gasteiger partial charge in [0, 0.05) is 0 Å². The lowest BCUT2D eigenvalue weighted by atomic mass is 10.1. The Labute approximate surface area is 95.6 Å². The second-order valence-electron chi connectivity index (χ2n) is 3.81. The van der Waals surface area contributed by atoms with E-state index in [0.29, 0.717) is 12.3 Å². The Morgan fingerprint density at radius 2 is 2.19 bits per heavy atom. The van der Waals surface area contributed by atoms with Gasteiger partial charge >= 0.3 is 0 Å². The van der Waals surface area contributed by atoms with Crippen LogP contribution in [-0.2, 0) is 11.2 Å². The third kappa shape index (κ3) is 3.24. The van der Waals surface area contributed by atoms with E-state index in [4.69, 9.17) is 16.2 Å². The molecular weight excluding hydrogens is 204 g/mol. The maximum atomic E-state index is 10.9. The summed E-state index contributed by atoms with van der Waals surface area (Å²) in [5, 5.41) is 0. The fraction of sp³-hybridized carbons (Fsp3) is 0.417. The fourth-order valence-corrected chi connectivity index (χ4v) is 1.42. The lowest BCUT2D eigenvalue weighted by molar-refractivity contribution is -0.123. The molecule has 1 amide bonds. The number of primary amides is 1. The molecule has 1 unspecified atom stereocenters. The van der Waals surface area contributed by atoms with Crippen molar-refractivity contribution in [3.05, 3.63) is 29.3 Å². The van der Waals surface area contributed by atoms with E-state index in [1.165, 1.54) is 0 Å². The highest BCUT2D eigenvalue weighted by molar-refractivity contribution is 5.78. The molecule has 0 aliphatic rings. The molecule has 1 rings (SSSR count).